The van der Waals surface area contributed by atoms with E-state index in [1.54, 1.807) is 6.07 Å². The molecule has 6 nitrogen and oxygen atoms in total. The molecule has 2 fully saturated rings. The normalized spacial score (nSPS) is 25.7. The average Bonchev–Trinajstić information content (AvgIpc) is 3.33. The van der Waals surface area contributed by atoms with Crippen LogP contribution in [0, 0.1) is 5.92 Å². The molecule has 1 aromatic rings. The number of benzene rings is 1. The van der Waals surface area contributed by atoms with E-state index in [1.807, 2.05) is 0 Å². The summed E-state index contributed by atoms with van der Waals surface area (Å²) < 4.78 is 47.0. The van der Waals surface area contributed by atoms with Gasteiger partial charge in [0.1, 0.15) is 5.75 Å². The molecule has 1 N–H and O–H groups in total. The van der Waals surface area contributed by atoms with Crippen molar-refractivity contribution in [3.8, 4) is 5.75 Å². The van der Waals surface area contributed by atoms with E-state index in [4.69, 9.17) is 9.84 Å². The number of alkyl halides is 3. The highest BCUT2D eigenvalue weighted by Gasteiger charge is 2.48. The zero-order valence-electron chi connectivity index (χ0n) is 13.7. The summed E-state index contributed by atoms with van der Waals surface area (Å²) >= 11 is 0. The molecule has 1 saturated heterocycles. The van der Waals surface area contributed by atoms with Gasteiger partial charge in [-0.05, 0) is 24.0 Å². The Kier molecular flexibility index (Phi) is 5.08. The predicted octanol–water partition coefficient (Wildman–Crippen LogP) is 2.39. The minimum Gasteiger partial charge on any atom is -0.481 e. The molecule has 1 saturated carbocycles. The van der Waals surface area contributed by atoms with Gasteiger partial charge >= 0.3 is 12.3 Å². The van der Waals surface area contributed by atoms with Gasteiger partial charge in [-0.25, -0.2) is 0 Å². The quantitative estimate of drug-likeness (QED) is 0.858. The number of hydrogen-bond acceptors (Lipinski definition) is 4. The maximum absolute atomic E-state index is 12.6. The first-order valence-corrected chi connectivity index (χ1v) is 8.21. The number of morpholine rings is 1. The Morgan fingerprint density at radius 2 is 2.04 bits per heavy atom. The van der Waals surface area contributed by atoms with Gasteiger partial charge in [-0.2, -0.15) is 0 Å². The molecule has 9 heteroatoms. The van der Waals surface area contributed by atoms with Crippen molar-refractivity contribution in [1.82, 2.24) is 4.90 Å². The minimum atomic E-state index is -4.79. The number of aliphatic carboxylic acids is 1. The maximum Gasteiger partial charge on any atom is 0.573 e. The molecule has 1 aromatic carbocycles. The smallest absolute Gasteiger partial charge is 0.481 e. The lowest BCUT2D eigenvalue weighted by Crippen LogP contribution is -2.47. The molecule has 1 aliphatic heterocycles. The van der Waals surface area contributed by atoms with E-state index in [9.17, 15) is 22.8 Å². The third-order valence-electron chi connectivity index (χ3n) is 4.50. The first-order valence-electron chi connectivity index (χ1n) is 8.21. The first kappa shape index (κ1) is 18.5. The zero-order chi connectivity index (χ0) is 18.9. The second kappa shape index (κ2) is 7.14. The molecule has 3 atom stereocenters. The molecule has 3 rings (SSSR count). The van der Waals surface area contributed by atoms with Crippen LogP contribution in [0.2, 0.25) is 0 Å². The van der Waals surface area contributed by atoms with Crippen LogP contribution in [-0.2, 0) is 14.3 Å². The number of carboxylic acid groups (broad SMARTS) is 1. The van der Waals surface area contributed by atoms with Gasteiger partial charge in [0.25, 0.3) is 0 Å². The molecule has 0 aromatic heterocycles. The number of para-hydroxylation sites is 1. The third-order valence-corrected chi connectivity index (χ3v) is 4.50. The van der Waals surface area contributed by atoms with Crippen LogP contribution in [0.4, 0.5) is 13.2 Å². The fraction of sp³-hybridized carbons (Fsp3) is 0.529. The second-order valence-electron chi connectivity index (χ2n) is 6.41. The summed E-state index contributed by atoms with van der Waals surface area (Å²) in [4.78, 5) is 25.0. The van der Waals surface area contributed by atoms with E-state index in [1.165, 1.54) is 23.1 Å². The number of rotatable bonds is 5. The van der Waals surface area contributed by atoms with Crippen LogP contribution in [0.15, 0.2) is 24.3 Å². The summed E-state index contributed by atoms with van der Waals surface area (Å²) in [6.45, 7) is 0.767. The Hall–Kier alpha value is -2.29. The Morgan fingerprint density at radius 1 is 1.31 bits per heavy atom. The molecule has 142 valence electrons. The van der Waals surface area contributed by atoms with Gasteiger partial charge in [-0.15, -0.1) is 13.2 Å². The first-order chi connectivity index (χ1) is 12.2. The van der Waals surface area contributed by atoms with E-state index in [-0.39, 0.29) is 37.1 Å². The Morgan fingerprint density at radius 3 is 2.73 bits per heavy atom. The van der Waals surface area contributed by atoms with Crippen molar-refractivity contribution in [2.24, 2.45) is 5.92 Å². The highest BCUT2D eigenvalue weighted by atomic mass is 19.4. The topological polar surface area (TPSA) is 76.1 Å². The van der Waals surface area contributed by atoms with Gasteiger partial charge in [-0.3, -0.25) is 9.59 Å². The number of carbonyl (C=O) groups excluding carboxylic acids is 1. The van der Waals surface area contributed by atoms with Crippen LogP contribution < -0.4 is 4.74 Å². The average molecular weight is 373 g/mol. The van der Waals surface area contributed by atoms with E-state index in [0.29, 0.717) is 18.5 Å². The standard InChI is InChI=1S/C17H18F3NO5/c18-17(19,20)26-14-4-2-1-3-11(14)12-8-13(12)16(24)21-5-6-25-10(9-21)7-15(22)23/h1-4,10,12-13H,5-9H2,(H,22,23)/t10-,12+,13-/m1/s1. The number of hydrogen-bond donors (Lipinski definition) is 1. The molecular formula is C17H18F3NO5. The Balaban J connectivity index is 1.65. The number of ether oxygens (including phenoxy) is 2. The fourth-order valence-electron chi connectivity index (χ4n) is 3.29. The lowest BCUT2D eigenvalue weighted by atomic mass is 10.1. The number of carboxylic acids is 1. The second-order valence-corrected chi connectivity index (χ2v) is 6.41. The van der Waals surface area contributed by atoms with Gasteiger partial charge in [0.15, 0.2) is 0 Å². The van der Waals surface area contributed by atoms with E-state index < -0.39 is 24.4 Å². The summed E-state index contributed by atoms with van der Waals surface area (Å²) in [5.74, 6) is -2.23. The molecular weight excluding hydrogens is 355 g/mol. The molecule has 26 heavy (non-hydrogen) atoms. The summed E-state index contributed by atoms with van der Waals surface area (Å²) in [7, 11) is 0. The third kappa shape index (κ3) is 4.46. The zero-order valence-corrected chi connectivity index (χ0v) is 13.7. The molecule has 1 heterocycles. The van der Waals surface area contributed by atoms with Gasteiger partial charge in [0.05, 0.1) is 19.1 Å². The van der Waals surface area contributed by atoms with E-state index >= 15 is 0 Å². The SMILES string of the molecule is O=C(O)C[C@@H]1CN(C(=O)[C@@H]2C[C@H]2c2ccccc2OC(F)(F)F)CCO1. The van der Waals surface area contributed by atoms with E-state index in [0.717, 1.165) is 0 Å². The summed E-state index contributed by atoms with van der Waals surface area (Å²) in [6, 6.07) is 5.82. The summed E-state index contributed by atoms with van der Waals surface area (Å²) in [5, 5.41) is 8.84. The molecule has 1 aliphatic carbocycles. The Bertz CT molecular complexity index is 693. The van der Waals surface area contributed by atoms with E-state index in [2.05, 4.69) is 4.74 Å². The molecule has 0 bridgehead atoms. The van der Waals surface area contributed by atoms with Crippen LogP contribution in [0.3, 0.4) is 0 Å². The molecule has 2 aliphatic rings. The summed E-state index contributed by atoms with van der Waals surface area (Å²) in [6.07, 6.45) is -5.11. The Labute approximate surface area is 147 Å². The predicted molar refractivity (Wildman–Crippen MR) is 82.5 cm³/mol. The van der Waals surface area contributed by atoms with Crippen molar-refractivity contribution in [2.45, 2.75) is 31.2 Å². The van der Waals surface area contributed by atoms with Crippen LogP contribution in [0.1, 0.15) is 24.3 Å². The number of halogens is 3. The van der Waals surface area contributed by atoms with Crippen molar-refractivity contribution < 1.29 is 37.3 Å². The fourth-order valence-corrected chi connectivity index (χ4v) is 3.29. The number of nitrogens with zero attached hydrogens (tertiary/aromatic N) is 1. The number of carbonyl (C=O) groups is 2. The van der Waals surface area contributed by atoms with Crippen LogP contribution >= 0.6 is 0 Å². The minimum absolute atomic E-state index is 0.176. The summed E-state index contributed by atoms with van der Waals surface area (Å²) in [5.41, 5.74) is 0.360. The highest BCUT2D eigenvalue weighted by Crippen LogP contribution is 2.51. The number of amides is 1. The molecule has 0 unspecified atom stereocenters. The molecule has 0 spiro atoms. The van der Waals surface area contributed by atoms with Gasteiger partial charge in [-0.1, -0.05) is 18.2 Å². The van der Waals surface area contributed by atoms with Gasteiger partial charge in [0.2, 0.25) is 5.91 Å². The largest absolute Gasteiger partial charge is 0.573 e. The van der Waals surface area contributed by atoms with Crippen LogP contribution in [-0.4, -0.2) is 54.0 Å². The van der Waals surface area contributed by atoms with Crippen molar-refractivity contribution >= 4 is 11.9 Å². The van der Waals surface area contributed by atoms with Crippen molar-refractivity contribution in [3.05, 3.63) is 29.8 Å². The van der Waals surface area contributed by atoms with Crippen molar-refractivity contribution in [1.29, 1.82) is 0 Å². The van der Waals surface area contributed by atoms with Gasteiger partial charge < -0.3 is 19.5 Å². The lowest BCUT2D eigenvalue weighted by molar-refractivity contribution is -0.274. The lowest BCUT2D eigenvalue weighted by Gasteiger charge is -2.32. The molecule has 0 radical (unpaired) electrons. The highest BCUT2D eigenvalue weighted by molar-refractivity contribution is 5.83. The van der Waals surface area contributed by atoms with Crippen LogP contribution in [0.5, 0.6) is 5.75 Å². The van der Waals surface area contributed by atoms with Crippen LogP contribution in [0.25, 0.3) is 0 Å². The maximum atomic E-state index is 12.6. The monoisotopic (exact) mass is 373 g/mol. The molecule has 1 amide bonds. The van der Waals surface area contributed by atoms with Crippen molar-refractivity contribution in [3.63, 3.8) is 0 Å². The van der Waals surface area contributed by atoms with Crippen molar-refractivity contribution in [2.75, 3.05) is 19.7 Å². The van der Waals surface area contributed by atoms with Gasteiger partial charge in [0, 0.05) is 19.0 Å².